The van der Waals surface area contributed by atoms with Crippen LogP contribution in [0.15, 0.2) is 40.9 Å². The fourth-order valence-electron chi connectivity index (χ4n) is 1.61. The molecule has 0 spiro atoms. The van der Waals surface area contributed by atoms with Gasteiger partial charge in [0.25, 0.3) is 0 Å². The van der Waals surface area contributed by atoms with Gasteiger partial charge in [0.2, 0.25) is 0 Å². The Hall–Kier alpha value is -1.70. The largest absolute Gasteiger partial charge is 0.508 e. The Balaban J connectivity index is 2.15. The number of nitriles is 1. The van der Waals surface area contributed by atoms with Gasteiger partial charge in [-0.05, 0) is 36.4 Å². The van der Waals surface area contributed by atoms with E-state index in [0.29, 0.717) is 17.1 Å². The van der Waals surface area contributed by atoms with Crippen molar-refractivity contribution in [2.24, 2.45) is 0 Å². The molecule has 0 aliphatic heterocycles. The molecule has 2 rings (SSSR count). The van der Waals surface area contributed by atoms with E-state index < -0.39 is 0 Å². The lowest BCUT2D eigenvalue weighted by Crippen LogP contribution is -2.00. The summed E-state index contributed by atoms with van der Waals surface area (Å²) < 4.78 is 0.899. The summed E-state index contributed by atoms with van der Waals surface area (Å²) in [5.74, 6) is 0.227. The molecule has 0 aromatic heterocycles. The van der Waals surface area contributed by atoms with E-state index in [1.54, 1.807) is 30.3 Å². The van der Waals surface area contributed by atoms with Crippen LogP contribution in [0.5, 0.6) is 5.75 Å². The standard InChI is InChI=1S/C14H10BrClN2O/c15-11-1-4-14(19)10(5-11)8-18-12-2-3-13(16)9(6-12)7-17/h1-6,18-19H,8H2. The number of phenolic OH excluding ortho intramolecular Hbond substituents is 1. The minimum absolute atomic E-state index is 0.227. The fourth-order valence-corrected chi connectivity index (χ4v) is 2.18. The maximum absolute atomic E-state index is 9.72. The first kappa shape index (κ1) is 13.7. The first-order valence-electron chi connectivity index (χ1n) is 5.51. The van der Waals surface area contributed by atoms with Crippen LogP contribution in [0.3, 0.4) is 0 Å². The van der Waals surface area contributed by atoms with E-state index in [-0.39, 0.29) is 5.75 Å². The Labute approximate surface area is 124 Å². The number of nitrogens with one attached hydrogen (secondary N) is 1. The average Bonchev–Trinajstić information content (AvgIpc) is 2.41. The monoisotopic (exact) mass is 336 g/mol. The van der Waals surface area contributed by atoms with Gasteiger partial charge >= 0.3 is 0 Å². The van der Waals surface area contributed by atoms with Gasteiger partial charge in [0.15, 0.2) is 0 Å². The normalized spacial score (nSPS) is 9.95. The molecule has 0 aliphatic rings. The number of halogens is 2. The van der Waals surface area contributed by atoms with Crippen LogP contribution in [-0.2, 0) is 6.54 Å². The van der Waals surface area contributed by atoms with E-state index in [9.17, 15) is 5.11 Å². The Morgan fingerprint density at radius 2 is 2.05 bits per heavy atom. The summed E-state index contributed by atoms with van der Waals surface area (Å²) in [7, 11) is 0. The van der Waals surface area contributed by atoms with Crippen molar-refractivity contribution in [3.63, 3.8) is 0 Å². The molecule has 0 saturated carbocycles. The molecule has 0 atom stereocenters. The van der Waals surface area contributed by atoms with Crippen LogP contribution in [0, 0.1) is 11.3 Å². The highest BCUT2D eigenvalue weighted by molar-refractivity contribution is 9.10. The highest BCUT2D eigenvalue weighted by Gasteiger charge is 2.04. The second-order valence-electron chi connectivity index (χ2n) is 3.93. The number of hydrogen-bond acceptors (Lipinski definition) is 3. The molecule has 0 aliphatic carbocycles. The first-order valence-corrected chi connectivity index (χ1v) is 6.68. The molecule has 3 nitrogen and oxygen atoms in total. The van der Waals surface area contributed by atoms with Crippen molar-refractivity contribution in [1.29, 1.82) is 5.26 Å². The van der Waals surface area contributed by atoms with Gasteiger partial charge in [-0.1, -0.05) is 27.5 Å². The second kappa shape index (κ2) is 5.96. The molecule has 0 amide bonds. The van der Waals surface area contributed by atoms with Crippen LogP contribution in [0.1, 0.15) is 11.1 Å². The third-order valence-electron chi connectivity index (χ3n) is 2.61. The van der Waals surface area contributed by atoms with Gasteiger partial charge < -0.3 is 10.4 Å². The van der Waals surface area contributed by atoms with Crippen LogP contribution in [0.25, 0.3) is 0 Å². The number of hydrogen-bond donors (Lipinski definition) is 2. The Kier molecular flexibility index (Phi) is 4.31. The van der Waals surface area contributed by atoms with Gasteiger partial charge in [-0.25, -0.2) is 0 Å². The molecule has 0 bridgehead atoms. The lowest BCUT2D eigenvalue weighted by Gasteiger charge is -2.09. The van der Waals surface area contributed by atoms with Crippen molar-refractivity contribution >= 4 is 33.2 Å². The summed E-state index contributed by atoms with van der Waals surface area (Å²) in [6.07, 6.45) is 0. The SMILES string of the molecule is N#Cc1cc(NCc2cc(Br)ccc2O)ccc1Cl. The minimum Gasteiger partial charge on any atom is -0.508 e. The molecule has 2 N–H and O–H groups in total. The van der Waals surface area contributed by atoms with Crippen molar-refractivity contribution in [1.82, 2.24) is 0 Å². The summed E-state index contributed by atoms with van der Waals surface area (Å²) >= 11 is 9.22. The van der Waals surface area contributed by atoms with Gasteiger partial charge in [-0.2, -0.15) is 5.26 Å². The number of aromatic hydroxyl groups is 1. The zero-order valence-corrected chi connectivity index (χ0v) is 12.2. The van der Waals surface area contributed by atoms with Crippen LogP contribution < -0.4 is 5.32 Å². The lowest BCUT2D eigenvalue weighted by molar-refractivity contribution is 0.469. The topological polar surface area (TPSA) is 56.0 Å². The van der Waals surface area contributed by atoms with Gasteiger partial charge in [-0.3, -0.25) is 0 Å². The summed E-state index contributed by atoms with van der Waals surface area (Å²) in [5.41, 5.74) is 1.97. The van der Waals surface area contributed by atoms with Crippen LogP contribution in [-0.4, -0.2) is 5.11 Å². The first-order chi connectivity index (χ1) is 9.10. The van der Waals surface area contributed by atoms with Crippen molar-refractivity contribution < 1.29 is 5.11 Å². The lowest BCUT2D eigenvalue weighted by atomic mass is 10.2. The fraction of sp³-hybridized carbons (Fsp3) is 0.0714. The maximum atomic E-state index is 9.72. The number of anilines is 1. The van der Waals surface area contributed by atoms with Crippen LogP contribution >= 0.6 is 27.5 Å². The second-order valence-corrected chi connectivity index (χ2v) is 5.26. The number of phenols is 1. The van der Waals surface area contributed by atoms with Crippen molar-refractivity contribution in [3.8, 4) is 11.8 Å². The highest BCUT2D eigenvalue weighted by atomic mass is 79.9. The molecule has 0 heterocycles. The van der Waals surface area contributed by atoms with Gasteiger partial charge in [0.1, 0.15) is 11.8 Å². The van der Waals surface area contributed by atoms with E-state index in [1.807, 2.05) is 12.1 Å². The average molecular weight is 338 g/mol. The summed E-state index contributed by atoms with van der Waals surface area (Å²) in [6.45, 7) is 0.456. The molecule has 19 heavy (non-hydrogen) atoms. The molecule has 96 valence electrons. The molecule has 0 fully saturated rings. The molecule has 5 heteroatoms. The summed E-state index contributed by atoms with van der Waals surface area (Å²) in [4.78, 5) is 0. The van der Waals surface area contributed by atoms with Gasteiger partial charge in [-0.15, -0.1) is 0 Å². The quantitative estimate of drug-likeness (QED) is 0.878. The van der Waals surface area contributed by atoms with E-state index in [4.69, 9.17) is 16.9 Å². The molecule has 0 unspecified atom stereocenters. The van der Waals surface area contributed by atoms with E-state index in [1.165, 1.54) is 0 Å². The summed E-state index contributed by atoms with van der Waals surface area (Å²) in [6, 6.07) is 12.4. The molecular weight excluding hydrogens is 328 g/mol. The van der Waals surface area contributed by atoms with Crippen molar-refractivity contribution in [2.75, 3.05) is 5.32 Å². The zero-order valence-electron chi connectivity index (χ0n) is 9.82. The van der Waals surface area contributed by atoms with Gasteiger partial charge in [0, 0.05) is 22.3 Å². The Morgan fingerprint density at radius 1 is 1.26 bits per heavy atom. The number of rotatable bonds is 3. The molecule has 0 saturated heterocycles. The van der Waals surface area contributed by atoms with Crippen LogP contribution in [0.2, 0.25) is 5.02 Å². The molecule has 2 aromatic rings. The van der Waals surface area contributed by atoms with Crippen molar-refractivity contribution in [3.05, 3.63) is 57.0 Å². The van der Waals surface area contributed by atoms with Crippen molar-refractivity contribution in [2.45, 2.75) is 6.54 Å². The van der Waals surface area contributed by atoms with E-state index in [2.05, 4.69) is 21.2 Å². The van der Waals surface area contributed by atoms with Gasteiger partial charge in [0.05, 0.1) is 10.6 Å². The third-order valence-corrected chi connectivity index (χ3v) is 3.43. The zero-order chi connectivity index (χ0) is 13.8. The predicted molar refractivity (Wildman–Crippen MR) is 79.3 cm³/mol. The summed E-state index contributed by atoms with van der Waals surface area (Å²) in [5, 5.41) is 22.2. The minimum atomic E-state index is 0.227. The third kappa shape index (κ3) is 3.40. The van der Waals surface area contributed by atoms with E-state index in [0.717, 1.165) is 15.7 Å². The maximum Gasteiger partial charge on any atom is 0.120 e. The number of benzene rings is 2. The Morgan fingerprint density at radius 3 is 2.79 bits per heavy atom. The highest BCUT2D eigenvalue weighted by Crippen LogP contribution is 2.24. The smallest absolute Gasteiger partial charge is 0.120 e. The number of nitrogens with zero attached hydrogens (tertiary/aromatic N) is 1. The Bertz CT molecular complexity index is 652. The predicted octanol–water partition coefficient (Wildman–Crippen LogP) is 4.29. The molecule has 0 radical (unpaired) electrons. The van der Waals surface area contributed by atoms with Crippen LogP contribution in [0.4, 0.5) is 5.69 Å². The van der Waals surface area contributed by atoms with E-state index >= 15 is 0 Å². The molecule has 2 aromatic carbocycles. The molecular formula is C14H10BrClN2O.